The van der Waals surface area contributed by atoms with E-state index in [1.54, 1.807) is 12.1 Å². The average Bonchev–Trinajstić information content (AvgIpc) is 2.08. The van der Waals surface area contributed by atoms with Crippen molar-refractivity contribution in [3.63, 3.8) is 0 Å². The van der Waals surface area contributed by atoms with Crippen LogP contribution >= 0.6 is 12.6 Å². The van der Waals surface area contributed by atoms with E-state index in [1.165, 1.54) is 0 Å². The molecule has 0 bridgehead atoms. The zero-order valence-electron chi connectivity index (χ0n) is 7.41. The van der Waals surface area contributed by atoms with Crippen LogP contribution in [0.4, 0.5) is 0 Å². The van der Waals surface area contributed by atoms with Crippen LogP contribution in [0.2, 0.25) is 0 Å². The van der Waals surface area contributed by atoms with Gasteiger partial charge >= 0.3 is 0 Å². The van der Waals surface area contributed by atoms with Gasteiger partial charge in [-0.3, -0.25) is 0 Å². The number of aromatic hydroxyl groups is 1. The largest absolute Gasteiger partial charge is 0.508 e. The fourth-order valence-corrected chi connectivity index (χ4v) is 1.37. The standard InChI is InChI=1S/C10H14OS/c1-3-7(2)9-6-8(12)4-5-10(9)11/h4-7,11-12H,3H2,1-2H3. The van der Waals surface area contributed by atoms with Crippen LogP contribution in [-0.4, -0.2) is 5.11 Å². The molecule has 1 nitrogen and oxygen atoms in total. The molecule has 0 aromatic heterocycles. The van der Waals surface area contributed by atoms with Crippen molar-refractivity contribution in [1.82, 2.24) is 0 Å². The number of thiol groups is 1. The zero-order chi connectivity index (χ0) is 9.14. The van der Waals surface area contributed by atoms with Gasteiger partial charge in [-0.25, -0.2) is 0 Å². The van der Waals surface area contributed by atoms with E-state index in [9.17, 15) is 5.11 Å². The number of benzene rings is 1. The predicted octanol–water partition coefficient (Wildman–Crippen LogP) is 3.19. The van der Waals surface area contributed by atoms with Gasteiger partial charge in [-0.05, 0) is 36.1 Å². The van der Waals surface area contributed by atoms with E-state index in [1.807, 2.05) is 6.07 Å². The van der Waals surface area contributed by atoms with Gasteiger partial charge in [0, 0.05) is 4.90 Å². The monoisotopic (exact) mass is 182 g/mol. The van der Waals surface area contributed by atoms with Gasteiger partial charge < -0.3 is 5.11 Å². The molecular formula is C10H14OS. The van der Waals surface area contributed by atoms with Crippen LogP contribution in [0.25, 0.3) is 0 Å². The Kier molecular flexibility index (Phi) is 3.04. The van der Waals surface area contributed by atoms with Gasteiger partial charge in [0.2, 0.25) is 0 Å². The van der Waals surface area contributed by atoms with Crippen molar-refractivity contribution in [2.75, 3.05) is 0 Å². The number of hydrogen-bond donors (Lipinski definition) is 2. The number of phenols is 1. The summed E-state index contributed by atoms with van der Waals surface area (Å²) in [5, 5.41) is 9.50. The number of phenolic OH excluding ortho intramolecular Hbond substituents is 1. The van der Waals surface area contributed by atoms with Crippen LogP contribution in [-0.2, 0) is 0 Å². The normalized spacial score (nSPS) is 12.9. The van der Waals surface area contributed by atoms with Crippen molar-refractivity contribution < 1.29 is 5.11 Å². The Bertz CT molecular complexity index is 271. The molecule has 0 aliphatic heterocycles. The van der Waals surface area contributed by atoms with Gasteiger partial charge in [0.1, 0.15) is 5.75 Å². The van der Waals surface area contributed by atoms with Crippen molar-refractivity contribution in [3.05, 3.63) is 23.8 Å². The molecule has 1 aromatic carbocycles. The molecule has 0 spiro atoms. The molecule has 0 fully saturated rings. The molecule has 0 heterocycles. The van der Waals surface area contributed by atoms with Crippen LogP contribution in [0.1, 0.15) is 31.7 Å². The van der Waals surface area contributed by atoms with E-state index < -0.39 is 0 Å². The Labute approximate surface area is 78.8 Å². The highest BCUT2D eigenvalue weighted by Gasteiger charge is 2.07. The molecule has 12 heavy (non-hydrogen) atoms. The Morgan fingerprint density at radius 3 is 2.75 bits per heavy atom. The Hall–Kier alpha value is -0.630. The maximum absolute atomic E-state index is 9.50. The van der Waals surface area contributed by atoms with Crippen molar-refractivity contribution in [3.8, 4) is 5.75 Å². The third-order valence-corrected chi connectivity index (χ3v) is 2.43. The highest BCUT2D eigenvalue weighted by atomic mass is 32.1. The second-order valence-corrected chi connectivity index (χ2v) is 3.57. The number of rotatable bonds is 2. The lowest BCUT2D eigenvalue weighted by atomic mass is 9.98. The van der Waals surface area contributed by atoms with Gasteiger partial charge in [-0.15, -0.1) is 12.6 Å². The van der Waals surface area contributed by atoms with E-state index >= 15 is 0 Å². The summed E-state index contributed by atoms with van der Waals surface area (Å²) in [6.07, 6.45) is 1.03. The van der Waals surface area contributed by atoms with Crippen LogP contribution in [0, 0.1) is 0 Å². The molecular weight excluding hydrogens is 168 g/mol. The Morgan fingerprint density at radius 1 is 1.50 bits per heavy atom. The van der Waals surface area contributed by atoms with Gasteiger partial charge in [-0.2, -0.15) is 0 Å². The van der Waals surface area contributed by atoms with Crippen LogP contribution in [0.15, 0.2) is 23.1 Å². The lowest BCUT2D eigenvalue weighted by Gasteiger charge is -2.11. The van der Waals surface area contributed by atoms with E-state index in [2.05, 4.69) is 26.5 Å². The average molecular weight is 182 g/mol. The summed E-state index contributed by atoms with van der Waals surface area (Å²) in [5.41, 5.74) is 0.991. The zero-order valence-corrected chi connectivity index (χ0v) is 8.31. The Morgan fingerprint density at radius 2 is 2.17 bits per heavy atom. The molecule has 0 aliphatic carbocycles. The Balaban J connectivity index is 3.04. The number of hydrogen-bond acceptors (Lipinski definition) is 2. The van der Waals surface area contributed by atoms with Crippen LogP contribution in [0.3, 0.4) is 0 Å². The highest BCUT2D eigenvalue weighted by Crippen LogP contribution is 2.29. The molecule has 0 aliphatic rings. The summed E-state index contributed by atoms with van der Waals surface area (Å²) in [4.78, 5) is 0.906. The minimum absolute atomic E-state index is 0.377. The van der Waals surface area contributed by atoms with Crippen LogP contribution < -0.4 is 0 Å². The molecule has 66 valence electrons. The minimum atomic E-state index is 0.377. The molecule has 1 N–H and O–H groups in total. The van der Waals surface area contributed by atoms with Gasteiger partial charge in [0.15, 0.2) is 0 Å². The lowest BCUT2D eigenvalue weighted by molar-refractivity contribution is 0.461. The predicted molar refractivity (Wildman–Crippen MR) is 54.1 cm³/mol. The molecule has 0 saturated carbocycles. The van der Waals surface area contributed by atoms with Crippen molar-refractivity contribution in [1.29, 1.82) is 0 Å². The quantitative estimate of drug-likeness (QED) is 0.673. The fourth-order valence-electron chi connectivity index (χ4n) is 1.16. The first-order valence-electron chi connectivity index (χ1n) is 4.17. The summed E-state index contributed by atoms with van der Waals surface area (Å²) in [6.45, 7) is 4.21. The first-order chi connectivity index (χ1) is 5.65. The highest BCUT2D eigenvalue weighted by molar-refractivity contribution is 7.80. The first kappa shape index (κ1) is 9.46. The van der Waals surface area contributed by atoms with Crippen molar-refractivity contribution in [2.24, 2.45) is 0 Å². The van der Waals surface area contributed by atoms with E-state index in [4.69, 9.17) is 0 Å². The van der Waals surface area contributed by atoms with Crippen molar-refractivity contribution in [2.45, 2.75) is 31.1 Å². The summed E-state index contributed by atoms with van der Waals surface area (Å²) in [5.74, 6) is 0.777. The fraction of sp³-hybridized carbons (Fsp3) is 0.400. The minimum Gasteiger partial charge on any atom is -0.508 e. The first-order valence-corrected chi connectivity index (χ1v) is 4.61. The van der Waals surface area contributed by atoms with Gasteiger partial charge in [0.25, 0.3) is 0 Å². The third kappa shape index (κ3) is 1.95. The lowest BCUT2D eigenvalue weighted by Crippen LogP contribution is -1.91. The van der Waals surface area contributed by atoms with Gasteiger partial charge in [-0.1, -0.05) is 13.8 Å². The molecule has 0 radical (unpaired) electrons. The van der Waals surface area contributed by atoms with E-state index in [-0.39, 0.29) is 0 Å². The molecule has 1 rings (SSSR count). The molecule has 0 amide bonds. The summed E-state index contributed by atoms with van der Waals surface area (Å²) in [6, 6.07) is 5.42. The molecule has 1 unspecified atom stereocenters. The summed E-state index contributed by atoms with van der Waals surface area (Å²) >= 11 is 4.22. The second-order valence-electron chi connectivity index (χ2n) is 3.05. The SMILES string of the molecule is CCC(C)c1cc(S)ccc1O. The van der Waals surface area contributed by atoms with E-state index in [0.29, 0.717) is 11.7 Å². The van der Waals surface area contributed by atoms with Crippen molar-refractivity contribution >= 4 is 12.6 Å². The maximum atomic E-state index is 9.50. The van der Waals surface area contributed by atoms with E-state index in [0.717, 1.165) is 16.9 Å². The molecule has 2 heteroatoms. The van der Waals surface area contributed by atoms with Gasteiger partial charge in [0.05, 0.1) is 0 Å². The molecule has 1 atom stereocenters. The third-order valence-electron chi connectivity index (χ3n) is 2.15. The molecule has 0 saturated heterocycles. The smallest absolute Gasteiger partial charge is 0.119 e. The summed E-state index contributed by atoms with van der Waals surface area (Å²) in [7, 11) is 0. The molecule has 1 aromatic rings. The second kappa shape index (κ2) is 3.85. The maximum Gasteiger partial charge on any atom is 0.119 e. The topological polar surface area (TPSA) is 20.2 Å². The summed E-state index contributed by atoms with van der Waals surface area (Å²) < 4.78 is 0. The van der Waals surface area contributed by atoms with Crippen LogP contribution in [0.5, 0.6) is 5.75 Å².